The Labute approximate surface area is 104 Å². The van der Waals surface area contributed by atoms with Gasteiger partial charge in [0, 0.05) is 19.1 Å². The predicted octanol–water partition coefficient (Wildman–Crippen LogP) is 2.99. The molecule has 0 fully saturated rings. The van der Waals surface area contributed by atoms with Crippen LogP contribution < -0.4 is 5.32 Å². The van der Waals surface area contributed by atoms with Crippen LogP contribution in [0.4, 0.5) is 0 Å². The zero-order valence-electron chi connectivity index (χ0n) is 11.1. The molecule has 0 aliphatic carbocycles. The average Bonchev–Trinajstić information content (AvgIpc) is 2.64. The molecule has 92 valence electrons. The number of hydrogen-bond acceptors (Lipinski definition) is 3. The molecule has 0 amide bonds. The maximum Gasteiger partial charge on any atom is 0.0300 e. The van der Waals surface area contributed by atoms with Gasteiger partial charge in [-0.15, -0.1) is 0 Å². The Morgan fingerprint density at radius 3 is 2.62 bits per heavy atom. The van der Waals surface area contributed by atoms with Gasteiger partial charge in [0.1, 0.15) is 0 Å². The van der Waals surface area contributed by atoms with Crippen LogP contribution in [0.25, 0.3) is 0 Å². The zero-order chi connectivity index (χ0) is 12.2. The molecule has 0 saturated heterocycles. The van der Waals surface area contributed by atoms with Crippen LogP contribution in [-0.2, 0) is 0 Å². The second kappa shape index (κ2) is 5.80. The first-order chi connectivity index (χ1) is 7.41. The summed E-state index contributed by atoms with van der Waals surface area (Å²) < 4.78 is 0. The van der Waals surface area contributed by atoms with Crippen LogP contribution >= 0.6 is 11.3 Å². The van der Waals surface area contributed by atoms with E-state index in [0.29, 0.717) is 11.5 Å². The van der Waals surface area contributed by atoms with Gasteiger partial charge in [-0.05, 0) is 48.8 Å². The number of nitrogens with zero attached hydrogens (tertiary/aromatic N) is 1. The van der Waals surface area contributed by atoms with Gasteiger partial charge in [-0.1, -0.05) is 13.8 Å². The van der Waals surface area contributed by atoms with E-state index in [1.165, 1.54) is 5.56 Å². The first kappa shape index (κ1) is 13.7. The van der Waals surface area contributed by atoms with Gasteiger partial charge in [0.25, 0.3) is 0 Å². The first-order valence-corrected chi connectivity index (χ1v) is 6.75. The van der Waals surface area contributed by atoms with E-state index in [1.54, 1.807) is 11.3 Å². The molecule has 1 atom stereocenters. The molecule has 0 radical (unpaired) electrons. The van der Waals surface area contributed by atoms with Gasteiger partial charge < -0.3 is 10.2 Å². The van der Waals surface area contributed by atoms with Crippen molar-refractivity contribution in [2.24, 2.45) is 5.41 Å². The highest BCUT2D eigenvalue weighted by Crippen LogP contribution is 2.19. The van der Waals surface area contributed by atoms with Crippen LogP contribution in [0.3, 0.4) is 0 Å². The molecule has 1 aromatic rings. The summed E-state index contributed by atoms with van der Waals surface area (Å²) >= 11 is 1.76. The third-order valence-electron chi connectivity index (χ3n) is 2.67. The molecule has 0 saturated carbocycles. The summed E-state index contributed by atoms with van der Waals surface area (Å²) in [6.07, 6.45) is 0. The highest BCUT2D eigenvalue weighted by atomic mass is 32.1. The van der Waals surface area contributed by atoms with Gasteiger partial charge in [0.15, 0.2) is 0 Å². The third kappa shape index (κ3) is 4.64. The monoisotopic (exact) mass is 240 g/mol. The van der Waals surface area contributed by atoms with Crippen molar-refractivity contribution >= 4 is 11.3 Å². The fourth-order valence-electron chi connectivity index (χ4n) is 1.98. The van der Waals surface area contributed by atoms with Gasteiger partial charge in [0.05, 0.1) is 0 Å². The lowest BCUT2D eigenvalue weighted by Crippen LogP contribution is -2.38. The smallest absolute Gasteiger partial charge is 0.0300 e. The van der Waals surface area contributed by atoms with E-state index >= 15 is 0 Å². The summed E-state index contributed by atoms with van der Waals surface area (Å²) in [6.45, 7) is 8.99. The molecule has 0 aliphatic rings. The highest BCUT2D eigenvalue weighted by molar-refractivity contribution is 7.07. The molecule has 1 heterocycles. The van der Waals surface area contributed by atoms with Crippen LogP contribution in [0.1, 0.15) is 32.4 Å². The van der Waals surface area contributed by atoms with Crippen molar-refractivity contribution in [1.82, 2.24) is 10.2 Å². The fourth-order valence-corrected chi connectivity index (χ4v) is 2.73. The van der Waals surface area contributed by atoms with Gasteiger partial charge in [-0.2, -0.15) is 11.3 Å². The molecule has 2 nitrogen and oxygen atoms in total. The summed E-state index contributed by atoms with van der Waals surface area (Å²) in [5, 5.41) is 7.97. The Morgan fingerprint density at radius 2 is 2.12 bits per heavy atom. The van der Waals surface area contributed by atoms with Gasteiger partial charge in [-0.3, -0.25) is 0 Å². The molecule has 1 unspecified atom stereocenters. The minimum absolute atomic E-state index is 0.313. The minimum Gasteiger partial charge on any atom is -0.310 e. The van der Waals surface area contributed by atoms with Crippen molar-refractivity contribution in [3.63, 3.8) is 0 Å². The van der Waals surface area contributed by atoms with E-state index < -0.39 is 0 Å². The predicted molar refractivity (Wildman–Crippen MR) is 73.1 cm³/mol. The number of thiophene rings is 1. The molecule has 1 rings (SSSR count). The SMILES string of the molecule is CC(NCC(C)(C)CN(C)C)c1ccsc1. The zero-order valence-corrected chi connectivity index (χ0v) is 11.9. The summed E-state index contributed by atoms with van der Waals surface area (Å²) in [4.78, 5) is 2.25. The van der Waals surface area contributed by atoms with Crippen molar-refractivity contribution in [3.8, 4) is 0 Å². The third-order valence-corrected chi connectivity index (χ3v) is 3.38. The van der Waals surface area contributed by atoms with E-state index in [-0.39, 0.29) is 0 Å². The van der Waals surface area contributed by atoms with Crippen molar-refractivity contribution in [2.45, 2.75) is 26.8 Å². The van der Waals surface area contributed by atoms with Crippen LogP contribution in [-0.4, -0.2) is 32.1 Å². The van der Waals surface area contributed by atoms with E-state index in [0.717, 1.165) is 13.1 Å². The van der Waals surface area contributed by atoms with Crippen LogP contribution in [0.5, 0.6) is 0 Å². The highest BCUT2D eigenvalue weighted by Gasteiger charge is 2.19. The van der Waals surface area contributed by atoms with Crippen LogP contribution in [0.15, 0.2) is 16.8 Å². The Hall–Kier alpha value is -0.380. The van der Waals surface area contributed by atoms with Gasteiger partial charge in [0.2, 0.25) is 0 Å². The van der Waals surface area contributed by atoms with E-state index in [2.05, 4.69) is 61.9 Å². The van der Waals surface area contributed by atoms with E-state index in [9.17, 15) is 0 Å². The lowest BCUT2D eigenvalue weighted by Gasteiger charge is -2.30. The average molecular weight is 240 g/mol. The molecule has 0 spiro atoms. The normalized spacial score (nSPS) is 14.4. The molecule has 0 aliphatic heterocycles. The molecular weight excluding hydrogens is 216 g/mol. The molecule has 0 aromatic carbocycles. The number of hydrogen-bond donors (Lipinski definition) is 1. The fraction of sp³-hybridized carbons (Fsp3) is 0.692. The molecular formula is C13H24N2S. The summed E-state index contributed by atoms with van der Waals surface area (Å²) in [6, 6.07) is 2.65. The Bertz CT molecular complexity index is 291. The Morgan fingerprint density at radius 1 is 1.44 bits per heavy atom. The van der Waals surface area contributed by atoms with Crippen LogP contribution in [0, 0.1) is 5.41 Å². The lowest BCUT2D eigenvalue weighted by molar-refractivity contribution is 0.227. The van der Waals surface area contributed by atoms with Gasteiger partial charge >= 0.3 is 0 Å². The first-order valence-electron chi connectivity index (χ1n) is 5.81. The molecule has 1 aromatic heterocycles. The van der Waals surface area contributed by atoms with Crippen molar-refractivity contribution < 1.29 is 0 Å². The molecule has 3 heteroatoms. The second-order valence-corrected chi connectivity index (χ2v) is 6.34. The number of rotatable bonds is 6. The summed E-state index contributed by atoms with van der Waals surface area (Å²) in [5.41, 5.74) is 1.71. The van der Waals surface area contributed by atoms with Crippen molar-refractivity contribution in [3.05, 3.63) is 22.4 Å². The lowest BCUT2D eigenvalue weighted by atomic mass is 9.92. The van der Waals surface area contributed by atoms with Crippen molar-refractivity contribution in [2.75, 3.05) is 27.2 Å². The minimum atomic E-state index is 0.313. The van der Waals surface area contributed by atoms with E-state index in [1.807, 2.05) is 0 Å². The largest absolute Gasteiger partial charge is 0.310 e. The molecule has 1 N–H and O–H groups in total. The topological polar surface area (TPSA) is 15.3 Å². The second-order valence-electron chi connectivity index (χ2n) is 5.56. The standard InChI is InChI=1S/C13H24N2S/c1-11(12-6-7-16-8-12)14-9-13(2,3)10-15(4)5/h6-8,11,14H,9-10H2,1-5H3. The van der Waals surface area contributed by atoms with E-state index in [4.69, 9.17) is 0 Å². The quantitative estimate of drug-likeness (QED) is 0.822. The molecule has 0 bridgehead atoms. The maximum atomic E-state index is 3.61. The number of nitrogens with one attached hydrogen (secondary N) is 1. The maximum absolute atomic E-state index is 3.61. The summed E-state index contributed by atoms with van der Waals surface area (Å²) in [7, 11) is 4.26. The van der Waals surface area contributed by atoms with Gasteiger partial charge in [-0.25, -0.2) is 0 Å². The van der Waals surface area contributed by atoms with Crippen molar-refractivity contribution in [1.29, 1.82) is 0 Å². The molecule has 16 heavy (non-hydrogen) atoms. The Balaban J connectivity index is 2.39. The van der Waals surface area contributed by atoms with Crippen LogP contribution in [0.2, 0.25) is 0 Å². The Kier molecular flexibility index (Phi) is 4.96. The summed E-state index contributed by atoms with van der Waals surface area (Å²) in [5.74, 6) is 0.